The van der Waals surface area contributed by atoms with E-state index < -0.39 is 49.5 Å². The number of hydrogen-bond donors (Lipinski definition) is 1. The number of ether oxygens (including phenoxy) is 3. The number of rotatable bonds is 15. The fourth-order valence-electron chi connectivity index (χ4n) is 6.23. The molecule has 18 heteroatoms. The average Bonchev–Trinajstić information content (AvgIpc) is 3.94. The number of aromatic nitrogens is 4. The van der Waals surface area contributed by atoms with Gasteiger partial charge in [0.1, 0.15) is 48.1 Å². The van der Waals surface area contributed by atoms with Gasteiger partial charge in [-0.25, -0.2) is 14.8 Å². The molecule has 0 amide bonds. The maximum atomic E-state index is 14.3. The molecule has 2 aromatic carbocycles. The normalized spacial score (nSPS) is 15.9. The van der Waals surface area contributed by atoms with Crippen LogP contribution in [0.2, 0.25) is 5.02 Å². The largest absolute Gasteiger partial charge is 0.491 e. The molecular formula is C40H41ClF4N6O6S. The lowest BCUT2D eigenvalue weighted by atomic mass is 9.97. The number of hydrogen-bond acceptors (Lipinski definition) is 11. The first-order chi connectivity index (χ1) is 28.5. The standard InChI is InChI=1S/C39H37ClF4N6O6S.CH4/c1-23-26(7-8-28(34(23)40)53-18-17-49-15-13-48(2)14-16-49)32-33-36(45-22-46-37(33)57-35(32)29-9-10-31(41)55-29)56-30(38(51)52)19-24-5-3-4-6-27(24)54-20-25-11-12-47-50(25)21-39(42,43)44;/h3-12,22,30H,13-21H2,1-2H3,(H,51,52);1H4/t30-;/m1./s1/i19D,20D2;/t19-,30+;/m0.. The summed E-state index contributed by atoms with van der Waals surface area (Å²) < 4.78 is 104. The van der Waals surface area contributed by atoms with Crippen LogP contribution in [0.3, 0.4) is 0 Å². The molecule has 58 heavy (non-hydrogen) atoms. The van der Waals surface area contributed by atoms with E-state index in [0.717, 1.165) is 62.2 Å². The van der Waals surface area contributed by atoms with Crippen LogP contribution in [-0.4, -0.2) is 99.3 Å². The Labute approximate surface area is 344 Å². The number of likely N-dealkylation sites (N-methyl/N-ethyl adjacent to an activating group) is 1. The summed E-state index contributed by atoms with van der Waals surface area (Å²) in [7, 11) is 2.08. The van der Waals surface area contributed by atoms with Gasteiger partial charge in [-0.1, -0.05) is 43.3 Å². The van der Waals surface area contributed by atoms with Gasteiger partial charge in [-0.05, 0) is 54.9 Å². The van der Waals surface area contributed by atoms with Crippen molar-refractivity contribution in [1.82, 2.24) is 29.5 Å². The Hall–Kier alpha value is -5.23. The number of aliphatic carboxylic acids is 1. The van der Waals surface area contributed by atoms with Crippen LogP contribution in [0.4, 0.5) is 17.6 Å². The third kappa shape index (κ3) is 9.72. The maximum Gasteiger partial charge on any atom is 0.408 e. The number of carbonyl (C=O) groups is 1. The molecule has 0 saturated carbocycles. The molecule has 6 aromatic rings. The molecule has 0 aliphatic carbocycles. The van der Waals surface area contributed by atoms with Gasteiger partial charge in [-0.2, -0.15) is 22.7 Å². The molecule has 0 unspecified atom stereocenters. The first-order valence-electron chi connectivity index (χ1n) is 19.1. The van der Waals surface area contributed by atoms with Crippen molar-refractivity contribution in [2.24, 2.45) is 0 Å². The Morgan fingerprint density at radius 2 is 1.84 bits per heavy atom. The molecule has 5 heterocycles. The van der Waals surface area contributed by atoms with Crippen molar-refractivity contribution in [2.75, 3.05) is 46.4 Å². The minimum atomic E-state index is -4.72. The number of thiophene rings is 1. The second kappa shape index (κ2) is 18.1. The molecule has 0 bridgehead atoms. The zero-order valence-electron chi connectivity index (χ0n) is 33.4. The van der Waals surface area contributed by atoms with E-state index in [0.29, 0.717) is 55.0 Å². The van der Waals surface area contributed by atoms with Crippen LogP contribution in [0.15, 0.2) is 71.5 Å². The van der Waals surface area contributed by atoms with Gasteiger partial charge in [-0.3, -0.25) is 9.58 Å². The van der Waals surface area contributed by atoms with E-state index in [1.807, 2.05) is 0 Å². The van der Waals surface area contributed by atoms with Crippen LogP contribution in [0.1, 0.15) is 28.4 Å². The van der Waals surface area contributed by atoms with E-state index in [-0.39, 0.29) is 35.8 Å². The molecule has 0 radical (unpaired) electrons. The van der Waals surface area contributed by atoms with Crippen LogP contribution in [0, 0.1) is 12.9 Å². The molecule has 1 fully saturated rings. The highest BCUT2D eigenvalue weighted by Gasteiger charge is 2.31. The number of alkyl halides is 3. The number of piperazine rings is 1. The van der Waals surface area contributed by atoms with Crippen molar-refractivity contribution in [1.29, 1.82) is 0 Å². The van der Waals surface area contributed by atoms with Gasteiger partial charge in [0.15, 0.2) is 0 Å². The second-order valence-electron chi connectivity index (χ2n) is 13.1. The van der Waals surface area contributed by atoms with Gasteiger partial charge in [-0.15, -0.1) is 11.3 Å². The number of para-hydroxylation sites is 1. The Bertz CT molecular complexity index is 2500. The number of carboxylic acid groups (broad SMARTS) is 1. The smallest absolute Gasteiger partial charge is 0.408 e. The molecule has 2 atom stereocenters. The van der Waals surface area contributed by atoms with Gasteiger partial charge in [0.05, 0.1) is 23.7 Å². The highest BCUT2D eigenvalue weighted by molar-refractivity contribution is 7.22. The monoisotopic (exact) mass is 847 g/mol. The SMILES string of the molecule is C.[2H][C@@H](c1ccccc1OC([2H])([2H])c1ccnn1CC(F)(F)F)[C@@H](Oc1ncnc2sc(-c3ccc(F)o3)c(-c3ccc(OCCN4CCN(C)CC4)c(Cl)c3C)c12)C(=O)O. The van der Waals surface area contributed by atoms with E-state index >= 15 is 0 Å². The average molecular weight is 848 g/mol. The summed E-state index contributed by atoms with van der Waals surface area (Å²) >= 11 is 8.02. The minimum absolute atomic E-state index is 0. The Balaban J connectivity index is 0.00000622. The predicted molar refractivity (Wildman–Crippen MR) is 211 cm³/mol. The summed E-state index contributed by atoms with van der Waals surface area (Å²) in [6.07, 6.45) is -6.44. The summed E-state index contributed by atoms with van der Waals surface area (Å²) in [5.41, 5.74) is 0.722. The summed E-state index contributed by atoms with van der Waals surface area (Å²) in [6.45, 7) is 2.10. The third-order valence-corrected chi connectivity index (χ3v) is 10.8. The van der Waals surface area contributed by atoms with Crippen LogP contribution < -0.4 is 14.2 Å². The summed E-state index contributed by atoms with van der Waals surface area (Å²) in [4.78, 5) is 26.9. The van der Waals surface area contributed by atoms with Crippen molar-refractivity contribution < 1.29 is 50.2 Å². The van der Waals surface area contributed by atoms with E-state index in [1.165, 1.54) is 30.3 Å². The van der Waals surface area contributed by atoms with Crippen molar-refractivity contribution in [2.45, 2.75) is 46.1 Å². The lowest BCUT2D eigenvalue weighted by molar-refractivity contribution is -0.145. The molecule has 0 spiro atoms. The lowest BCUT2D eigenvalue weighted by Crippen LogP contribution is -2.45. The first kappa shape index (κ1) is 38.3. The maximum absolute atomic E-state index is 14.3. The van der Waals surface area contributed by atoms with E-state index in [9.17, 15) is 27.5 Å². The van der Waals surface area contributed by atoms with Crippen molar-refractivity contribution >= 4 is 39.1 Å². The molecule has 4 aromatic heterocycles. The molecule has 1 N–H and O–H groups in total. The zero-order valence-corrected chi connectivity index (χ0v) is 32.0. The molecular weight excluding hydrogens is 804 g/mol. The van der Waals surface area contributed by atoms with Gasteiger partial charge < -0.3 is 28.6 Å². The fourth-order valence-corrected chi connectivity index (χ4v) is 7.56. The van der Waals surface area contributed by atoms with E-state index in [1.54, 1.807) is 19.1 Å². The van der Waals surface area contributed by atoms with Gasteiger partial charge in [0.2, 0.25) is 12.0 Å². The quantitative estimate of drug-likeness (QED) is 0.100. The predicted octanol–water partition coefficient (Wildman–Crippen LogP) is 8.39. The summed E-state index contributed by atoms with van der Waals surface area (Å²) in [5, 5.41) is 14.6. The van der Waals surface area contributed by atoms with E-state index in [4.69, 9.17) is 34.3 Å². The third-order valence-electron chi connectivity index (χ3n) is 9.17. The van der Waals surface area contributed by atoms with Gasteiger partial charge >= 0.3 is 12.1 Å². The zero-order chi connectivity index (χ0) is 42.9. The summed E-state index contributed by atoms with van der Waals surface area (Å²) in [6, 6.07) is 11.6. The molecule has 1 aliphatic heterocycles. The number of carboxylic acids is 1. The lowest BCUT2D eigenvalue weighted by Gasteiger charge is -2.32. The molecule has 12 nitrogen and oxygen atoms in total. The summed E-state index contributed by atoms with van der Waals surface area (Å²) in [5.74, 6) is -1.64. The highest BCUT2D eigenvalue weighted by atomic mass is 35.5. The minimum Gasteiger partial charge on any atom is -0.491 e. The number of halogens is 5. The van der Waals surface area contributed by atoms with Crippen LogP contribution in [0.25, 0.3) is 32.0 Å². The van der Waals surface area contributed by atoms with Crippen LogP contribution in [0.5, 0.6) is 17.4 Å². The highest BCUT2D eigenvalue weighted by Crippen LogP contribution is 2.49. The van der Waals surface area contributed by atoms with Crippen molar-refractivity contribution in [3.05, 3.63) is 95.0 Å². The molecule has 1 saturated heterocycles. The van der Waals surface area contributed by atoms with E-state index in [2.05, 4.69) is 31.9 Å². The molecule has 7 rings (SSSR count). The molecule has 1 aliphatic rings. The topological polar surface area (TPSA) is 128 Å². The van der Waals surface area contributed by atoms with Crippen LogP contribution in [-0.2, 0) is 24.3 Å². The Morgan fingerprint density at radius 1 is 1.07 bits per heavy atom. The van der Waals surface area contributed by atoms with Crippen LogP contribution >= 0.6 is 22.9 Å². The Morgan fingerprint density at radius 3 is 2.57 bits per heavy atom. The second-order valence-corrected chi connectivity index (χ2v) is 14.5. The molecule has 308 valence electrons. The van der Waals surface area contributed by atoms with Crippen molar-refractivity contribution in [3.63, 3.8) is 0 Å². The van der Waals surface area contributed by atoms with Gasteiger partial charge in [0, 0.05) is 58.3 Å². The number of fused-ring (bicyclic) bond motifs is 1. The van der Waals surface area contributed by atoms with Gasteiger partial charge in [0.25, 0.3) is 6.01 Å². The van der Waals surface area contributed by atoms with Crippen molar-refractivity contribution in [3.8, 4) is 39.1 Å². The number of furan rings is 1. The number of benzene rings is 2. The Kier molecular flexibility index (Phi) is 12.0. The number of nitrogens with zero attached hydrogens (tertiary/aromatic N) is 6. The fraction of sp³-hybridized carbons (Fsp3) is 0.350. The first-order valence-corrected chi connectivity index (χ1v) is 18.7.